The molecule has 1 aromatic rings. The number of carbonyl (C=O) groups is 3. The van der Waals surface area contributed by atoms with Crippen LogP contribution in [0.5, 0.6) is 0 Å². The lowest BCUT2D eigenvalue weighted by Gasteiger charge is -2.31. The van der Waals surface area contributed by atoms with Crippen molar-refractivity contribution < 1.29 is 19.5 Å². The molecule has 0 spiro atoms. The molecular formula is C19H26N2O4. The number of amides is 2. The van der Waals surface area contributed by atoms with E-state index in [1.165, 1.54) is 5.56 Å². The van der Waals surface area contributed by atoms with Crippen LogP contribution in [0.25, 0.3) is 0 Å². The summed E-state index contributed by atoms with van der Waals surface area (Å²) in [6, 6.07) is 8.06. The molecule has 1 fully saturated rings. The van der Waals surface area contributed by atoms with Crippen molar-refractivity contribution in [3.8, 4) is 0 Å². The second-order valence-electron chi connectivity index (χ2n) is 6.68. The fourth-order valence-electron chi connectivity index (χ4n) is 3.02. The molecule has 0 atom stereocenters. The lowest BCUT2D eigenvalue weighted by Crippen LogP contribution is -2.44. The van der Waals surface area contributed by atoms with Gasteiger partial charge in [-0.15, -0.1) is 0 Å². The fraction of sp³-hybridized carbons (Fsp3) is 0.526. The number of aliphatic carboxylic acids is 1. The summed E-state index contributed by atoms with van der Waals surface area (Å²) in [4.78, 5) is 36.5. The predicted molar refractivity (Wildman–Crippen MR) is 94.1 cm³/mol. The largest absolute Gasteiger partial charge is 0.481 e. The summed E-state index contributed by atoms with van der Waals surface area (Å²) in [6.45, 7) is 3.16. The van der Waals surface area contributed by atoms with Crippen LogP contribution < -0.4 is 5.32 Å². The quantitative estimate of drug-likeness (QED) is 0.787. The first-order chi connectivity index (χ1) is 11.9. The second-order valence-corrected chi connectivity index (χ2v) is 6.68. The Kier molecular flexibility index (Phi) is 6.98. The Morgan fingerprint density at radius 3 is 2.40 bits per heavy atom. The summed E-state index contributed by atoms with van der Waals surface area (Å²) >= 11 is 0. The van der Waals surface area contributed by atoms with Crippen LogP contribution in [0.15, 0.2) is 24.3 Å². The van der Waals surface area contributed by atoms with Gasteiger partial charge >= 0.3 is 5.97 Å². The van der Waals surface area contributed by atoms with Crippen LogP contribution in [0.4, 0.5) is 0 Å². The highest BCUT2D eigenvalue weighted by molar-refractivity contribution is 5.84. The van der Waals surface area contributed by atoms with Crippen molar-refractivity contribution in [1.82, 2.24) is 10.2 Å². The number of hydrogen-bond donors (Lipinski definition) is 2. The molecule has 1 aliphatic rings. The number of nitrogens with one attached hydrogen (secondary N) is 1. The van der Waals surface area contributed by atoms with Crippen molar-refractivity contribution in [3.63, 3.8) is 0 Å². The van der Waals surface area contributed by atoms with Crippen LogP contribution in [0.1, 0.15) is 36.8 Å². The zero-order valence-electron chi connectivity index (χ0n) is 14.7. The van der Waals surface area contributed by atoms with Gasteiger partial charge in [0, 0.05) is 25.9 Å². The molecule has 1 heterocycles. The van der Waals surface area contributed by atoms with Gasteiger partial charge in [0.05, 0.1) is 6.54 Å². The van der Waals surface area contributed by atoms with E-state index in [0.29, 0.717) is 38.8 Å². The fourth-order valence-corrected chi connectivity index (χ4v) is 3.02. The third kappa shape index (κ3) is 6.57. The molecule has 25 heavy (non-hydrogen) atoms. The highest BCUT2D eigenvalue weighted by atomic mass is 16.4. The van der Waals surface area contributed by atoms with E-state index in [4.69, 9.17) is 5.11 Å². The number of benzene rings is 1. The number of carboxylic acid groups (broad SMARTS) is 1. The van der Waals surface area contributed by atoms with Gasteiger partial charge in [0.15, 0.2) is 0 Å². The number of carbonyl (C=O) groups excluding carboxylic acids is 2. The second kappa shape index (κ2) is 9.20. The van der Waals surface area contributed by atoms with E-state index in [1.54, 1.807) is 4.90 Å². The number of aryl methyl sites for hydroxylation is 2. The van der Waals surface area contributed by atoms with Crippen molar-refractivity contribution >= 4 is 17.8 Å². The lowest BCUT2D eigenvalue weighted by atomic mass is 9.93. The standard InChI is InChI=1S/C19H26N2O4/c1-14-2-4-15(5-3-14)6-7-17(22)20-13-18(23)21-10-8-16(9-11-21)12-19(24)25/h2-5,16H,6-13H2,1H3,(H,20,22)(H,24,25). The Morgan fingerprint density at radius 2 is 1.80 bits per heavy atom. The minimum absolute atomic E-state index is 0.0102. The SMILES string of the molecule is Cc1ccc(CCC(=O)NCC(=O)N2CCC(CC(=O)O)CC2)cc1. The summed E-state index contributed by atoms with van der Waals surface area (Å²) in [5, 5.41) is 11.5. The molecule has 2 N–H and O–H groups in total. The van der Waals surface area contributed by atoms with Crippen molar-refractivity contribution in [2.45, 2.75) is 39.0 Å². The molecule has 6 nitrogen and oxygen atoms in total. The minimum Gasteiger partial charge on any atom is -0.481 e. The van der Waals surface area contributed by atoms with E-state index < -0.39 is 5.97 Å². The van der Waals surface area contributed by atoms with E-state index in [0.717, 1.165) is 5.56 Å². The molecule has 2 amide bonds. The molecule has 1 aromatic carbocycles. The number of likely N-dealkylation sites (tertiary alicyclic amines) is 1. The van der Waals surface area contributed by atoms with Crippen molar-refractivity contribution in [3.05, 3.63) is 35.4 Å². The van der Waals surface area contributed by atoms with Gasteiger partial charge in [-0.3, -0.25) is 14.4 Å². The van der Waals surface area contributed by atoms with E-state index in [2.05, 4.69) is 5.32 Å². The Bertz CT molecular complexity index is 604. The molecule has 136 valence electrons. The molecule has 0 radical (unpaired) electrons. The Balaban J connectivity index is 1.65. The van der Waals surface area contributed by atoms with E-state index in [9.17, 15) is 14.4 Å². The smallest absolute Gasteiger partial charge is 0.303 e. The van der Waals surface area contributed by atoms with Gasteiger partial charge < -0.3 is 15.3 Å². The number of piperidine rings is 1. The number of hydrogen-bond acceptors (Lipinski definition) is 3. The summed E-state index contributed by atoms with van der Waals surface area (Å²) < 4.78 is 0. The molecule has 0 aromatic heterocycles. The summed E-state index contributed by atoms with van der Waals surface area (Å²) in [5.74, 6) is -0.872. The first-order valence-corrected chi connectivity index (χ1v) is 8.76. The predicted octanol–water partition coefficient (Wildman–Crippen LogP) is 1.76. The first-order valence-electron chi connectivity index (χ1n) is 8.76. The third-order valence-corrected chi connectivity index (χ3v) is 4.63. The monoisotopic (exact) mass is 346 g/mol. The van der Waals surface area contributed by atoms with E-state index in [1.807, 2.05) is 31.2 Å². The molecular weight excluding hydrogens is 320 g/mol. The number of rotatable bonds is 7. The molecule has 0 aliphatic carbocycles. The molecule has 6 heteroatoms. The van der Waals surface area contributed by atoms with Gasteiger partial charge in [-0.05, 0) is 37.7 Å². The molecule has 2 rings (SSSR count). The van der Waals surface area contributed by atoms with Crippen molar-refractivity contribution in [2.24, 2.45) is 5.92 Å². The van der Waals surface area contributed by atoms with Gasteiger partial charge in [-0.2, -0.15) is 0 Å². The van der Waals surface area contributed by atoms with E-state index in [-0.39, 0.29) is 30.7 Å². The summed E-state index contributed by atoms with van der Waals surface area (Å²) in [7, 11) is 0. The Labute approximate surface area is 148 Å². The number of nitrogens with zero attached hydrogens (tertiary/aromatic N) is 1. The van der Waals surface area contributed by atoms with Crippen LogP contribution in [0.2, 0.25) is 0 Å². The maximum Gasteiger partial charge on any atom is 0.303 e. The maximum atomic E-state index is 12.1. The highest BCUT2D eigenvalue weighted by Gasteiger charge is 2.24. The van der Waals surface area contributed by atoms with Gasteiger partial charge in [0.25, 0.3) is 0 Å². The Hall–Kier alpha value is -2.37. The van der Waals surface area contributed by atoms with Crippen molar-refractivity contribution in [1.29, 1.82) is 0 Å². The van der Waals surface area contributed by atoms with Crippen LogP contribution in [0, 0.1) is 12.8 Å². The summed E-state index contributed by atoms with van der Waals surface area (Å²) in [5.41, 5.74) is 2.29. The third-order valence-electron chi connectivity index (χ3n) is 4.63. The van der Waals surface area contributed by atoms with Crippen LogP contribution >= 0.6 is 0 Å². The zero-order valence-corrected chi connectivity index (χ0v) is 14.7. The minimum atomic E-state index is -0.786. The molecule has 0 bridgehead atoms. The van der Waals surface area contributed by atoms with Crippen LogP contribution in [-0.4, -0.2) is 47.4 Å². The van der Waals surface area contributed by atoms with Gasteiger partial charge in [0.1, 0.15) is 0 Å². The van der Waals surface area contributed by atoms with Gasteiger partial charge in [-0.1, -0.05) is 29.8 Å². The number of carboxylic acids is 1. The summed E-state index contributed by atoms with van der Waals surface area (Å²) in [6.07, 6.45) is 2.59. The molecule has 0 saturated carbocycles. The van der Waals surface area contributed by atoms with Crippen molar-refractivity contribution in [2.75, 3.05) is 19.6 Å². The first kappa shape index (κ1) is 19.0. The molecule has 1 aliphatic heterocycles. The average molecular weight is 346 g/mol. The van der Waals surface area contributed by atoms with Gasteiger partial charge in [0.2, 0.25) is 11.8 Å². The van der Waals surface area contributed by atoms with Crippen LogP contribution in [0.3, 0.4) is 0 Å². The highest BCUT2D eigenvalue weighted by Crippen LogP contribution is 2.20. The Morgan fingerprint density at radius 1 is 1.16 bits per heavy atom. The normalized spacial score (nSPS) is 15.0. The molecule has 1 saturated heterocycles. The zero-order chi connectivity index (χ0) is 18.2. The van der Waals surface area contributed by atoms with Gasteiger partial charge in [-0.25, -0.2) is 0 Å². The van der Waals surface area contributed by atoms with E-state index >= 15 is 0 Å². The van der Waals surface area contributed by atoms with Crippen LogP contribution in [-0.2, 0) is 20.8 Å². The maximum absolute atomic E-state index is 12.1. The molecule has 0 unspecified atom stereocenters. The topological polar surface area (TPSA) is 86.7 Å². The lowest BCUT2D eigenvalue weighted by molar-refractivity contribution is -0.139. The average Bonchev–Trinajstić information content (AvgIpc) is 2.59.